The van der Waals surface area contributed by atoms with E-state index in [2.05, 4.69) is 15.8 Å². The first-order chi connectivity index (χ1) is 12.4. The number of hydrogen-bond donors (Lipinski definition) is 3. The molecule has 0 atom stereocenters. The second-order valence-corrected chi connectivity index (χ2v) is 5.72. The lowest BCUT2D eigenvalue weighted by atomic mass is 10.1. The van der Waals surface area contributed by atoms with E-state index in [9.17, 15) is 14.7 Å². The average molecular weight is 355 g/mol. The second-order valence-electron chi connectivity index (χ2n) is 5.72. The molecular formula is C19H21N3O4. The van der Waals surface area contributed by atoms with Crippen LogP contribution in [0.25, 0.3) is 0 Å². The minimum absolute atomic E-state index is 0.235. The van der Waals surface area contributed by atoms with Gasteiger partial charge in [-0.25, -0.2) is 5.43 Å². The molecule has 2 aromatic rings. The van der Waals surface area contributed by atoms with Crippen molar-refractivity contribution in [1.29, 1.82) is 0 Å². The number of aromatic hydroxyl groups is 1. The summed E-state index contributed by atoms with van der Waals surface area (Å²) in [6, 6.07) is 10.4. The molecule has 0 heterocycles. The monoisotopic (exact) mass is 355 g/mol. The topological polar surface area (TPSA) is 100 Å². The summed E-state index contributed by atoms with van der Waals surface area (Å²) >= 11 is 0. The Hall–Kier alpha value is -3.35. The van der Waals surface area contributed by atoms with Crippen LogP contribution in [0.15, 0.2) is 41.5 Å². The highest BCUT2D eigenvalue weighted by atomic mass is 16.5. The van der Waals surface area contributed by atoms with E-state index in [0.29, 0.717) is 22.6 Å². The van der Waals surface area contributed by atoms with Gasteiger partial charge in [0.15, 0.2) is 0 Å². The predicted octanol–water partition coefficient (Wildman–Crippen LogP) is 2.50. The summed E-state index contributed by atoms with van der Waals surface area (Å²) in [6.07, 6.45) is 1.08. The number of benzene rings is 2. The van der Waals surface area contributed by atoms with Crippen LogP contribution in [0.1, 0.15) is 23.1 Å². The van der Waals surface area contributed by atoms with E-state index in [-0.39, 0.29) is 12.2 Å². The number of methoxy groups -OCH3 is 1. The van der Waals surface area contributed by atoms with Crippen LogP contribution in [-0.4, -0.2) is 30.2 Å². The van der Waals surface area contributed by atoms with Crippen molar-refractivity contribution in [3.05, 3.63) is 53.1 Å². The van der Waals surface area contributed by atoms with Crippen LogP contribution in [0, 0.1) is 13.8 Å². The van der Waals surface area contributed by atoms with Crippen LogP contribution in [0.2, 0.25) is 0 Å². The first-order valence-corrected chi connectivity index (χ1v) is 7.95. The fraction of sp³-hybridized carbons (Fsp3) is 0.211. The molecule has 0 aliphatic heterocycles. The van der Waals surface area contributed by atoms with E-state index in [4.69, 9.17) is 4.74 Å². The normalized spacial score (nSPS) is 10.6. The number of amides is 2. The lowest BCUT2D eigenvalue weighted by Gasteiger charge is -2.09. The maximum absolute atomic E-state index is 11.9. The smallest absolute Gasteiger partial charge is 0.249 e. The summed E-state index contributed by atoms with van der Waals surface area (Å²) in [5.74, 6) is -0.268. The molecule has 0 aromatic heterocycles. The number of nitrogens with zero attached hydrogens (tertiary/aromatic N) is 1. The van der Waals surface area contributed by atoms with Gasteiger partial charge in [0, 0.05) is 0 Å². The van der Waals surface area contributed by atoms with Gasteiger partial charge in [-0.2, -0.15) is 5.10 Å². The van der Waals surface area contributed by atoms with Crippen LogP contribution < -0.4 is 15.5 Å². The maximum Gasteiger partial charge on any atom is 0.249 e. The summed E-state index contributed by atoms with van der Waals surface area (Å²) in [7, 11) is 1.50. The highest BCUT2D eigenvalue weighted by molar-refractivity contribution is 6.04. The number of anilines is 1. The van der Waals surface area contributed by atoms with Crippen molar-refractivity contribution >= 4 is 23.7 Å². The molecule has 0 radical (unpaired) electrons. The molecular weight excluding hydrogens is 334 g/mol. The van der Waals surface area contributed by atoms with Crippen molar-refractivity contribution in [2.45, 2.75) is 20.3 Å². The van der Waals surface area contributed by atoms with Gasteiger partial charge < -0.3 is 15.2 Å². The van der Waals surface area contributed by atoms with Gasteiger partial charge in [-0.3, -0.25) is 9.59 Å². The summed E-state index contributed by atoms with van der Waals surface area (Å²) in [4.78, 5) is 23.8. The fourth-order valence-electron chi connectivity index (χ4n) is 2.37. The third kappa shape index (κ3) is 5.07. The Morgan fingerprint density at radius 1 is 1.15 bits per heavy atom. The van der Waals surface area contributed by atoms with Crippen molar-refractivity contribution in [3.63, 3.8) is 0 Å². The Morgan fingerprint density at radius 3 is 2.46 bits per heavy atom. The van der Waals surface area contributed by atoms with Crippen molar-refractivity contribution in [1.82, 2.24) is 5.43 Å². The van der Waals surface area contributed by atoms with Crippen LogP contribution in [0.4, 0.5) is 5.69 Å². The SMILES string of the molecule is COc1ccccc1NC(=O)CC(=O)N/N=C/c1cc(C)c(O)c(C)c1. The average Bonchev–Trinajstić information content (AvgIpc) is 2.60. The van der Waals surface area contributed by atoms with Crippen LogP contribution >= 0.6 is 0 Å². The van der Waals surface area contributed by atoms with E-state index in [1.165, 1.54) is 13.3 Å². The van der Waals surface area contributed by atoms with Gasteiger partial charge in [-0.05, 0) is 54.8 Å². The third-order valence-electron chi connectivity index (χ3n) is 3.62. The van der Waals surface area contributed by atoms with Gasteiger partial charge in [-0.15, -0.1) is 0 Å². The van der Waals surface area contributed by atoms with Gasteiger partial charge in [-0.1, -0.05) is 12.1 Å². The van der Waals surface area contributed by atoms with Crippen LogP contribution in [-0.2, 0) is 9.59 Å². The molecule has 2 amide bonds. The van der Waals surface area contributed by atoms with E-state index >= 15 is 0 Å². The van der Waals surface area contributed by atoms with Gasteiger partial charge in [0.2, 0.25) is 11.8 Å². The van der Waals surface area contributed by atoms with Crippen molar-refractivity contribution in [3.8, 4) is 11.5 Å². The van der Waals surface area contributed by atoms with Crippen molar-refractivity contribution in [2.24, 2.45) is 5.10 Å². The highest BCUT2D eigenvalue weighted by Gasteiger charge is 2.11. The first-order valence-electron chi connectivity index (χ1n) is 7.95. The fourth-order valence-corrected chi connectivity index (χ4v) is 2.37. The van der Waals surface area contributed by atoms with E-state index < -0.39 is 11.8 Å². The van der Waals surface area contributed by atoms with Crippen LogP contribution in [0.3, 0.4) is 0 Å². The van der Waals surface area contributed by atoms with E-state index in [1.807, 2.05) is 0 Å². The number of rotatable bonds is 6. The predicted molar refractivity (Wildman–Crippen MR) is 99.6 cm³/mol. The molecule has 7 heteroatoms. The lowest BCUT2D eigenvalue weighted by Crippen LogP contribution is -2.24. The molecule has 2 rings (SSSR count). The zero-order valence-corrected chi connectivity index (χ0v) is 14.9. The van der Waals surface area contributed by atoms with E-state index in [0.717, 1.165) is 5.56 Å². The van der Waals surface area contributed by atoms with Gasteiger partial charge in [0.25, 0.3) is 0 Å². The first kappa shape index (κ1) is 19.0. The Balaban J connectivity index is 1.89. The van der Waals surface area contributed by atoms with Crippen LogP contribution in [0.5, 0.6) is 11.5 Å². The second kappa shape index (κ2) is 8.66. The van der Waals surface area contributed by atoms with Crippen molar-refractivity contribution in [2.75, 3.05) is 12.4 Å². The lowest BCUT2D eigenvalue weighted by molar-refractivity contribution is -0.126. The van der Waals surface area contributed by atoms with Gasteiger partial charge in [0.05, 0.1) is 19.0 Å². The number of hydrogen-bond acceptors (Lipinski definition) is 5. The van der Waals surface area contributed by atoms with E-state index in [1.54, 1.807) is 50.2 Å². The summed E-state index contributed by atoms with van der Waals surface area (Å²) in [5.41, 5.74) is 4.96. The summed E-state index contributed by atoms with van der Waals surface area (Å²) in [5, 5.41) is 16.2. The largest absolute Gasteiger partial charge is 0.507 e. The Bertz CT molecular complexity index is 823. The number of para-hydroxylation sites is 2. The molecule has 136 valence electrons. The number of ether oxygens (including phenoxy) is 1. The molecule has 0 saturated carbocycles. The maximum atomic E-state index is 11.9. The molecule has 3 N–H and O–H groups in total. The standard InChI is InChI=1S/C19H21N3O4/c1-12-8-14(9-13(2)19(12)25)11-20-22-18(24)10-17(23)21-15-6-4-5-7-16(15)26-3/h4-9,11,25H,10H2,1-3H3,(H,21,23)(H,22,24)/b20-11+. The molecule has 2 aromatic carbocycles. The number of nitrogens with one attached hydrogen (secondary N) is 2. The summed E-state index contributed by atoms with van der Waals surface area (Å²) < 4.78 is 5.14. The molecule has 0 bridgehead atoms. The number of hydrazone groups is 1. The van der Waals surface area contributed by atoms with Gasteiger partial charge >= 0.3 is 0 Å². The van der Waals surface area contributed by atoms with Crippen molar-refractivity contribution < 1.29 is 19.4 Å². The number of aryl methyl sites for hydroxylation is 2. The number of carbonyl (C=O) groups excluding carboxylic acids is 2. The molecule has 7 nitrogen and oxygen atoms in total. The zero-order chi connectivity index (χ0) is 19.1. The molecule has 0 saturated heterocycles. The minimum atomic E-state index is -0.541. The summed E-state index contributed by atoms with van der Waals surface area (Å²) in [6.45, 7) is 3.56. The Morgan fingerprint density at radius 2 is 1.81 bits per heavy atom. The minimum Gasteiger partial charge on any atom is -0.507 e. The number of carbonyl (C=O) groups is 2. The molecule has 0 spiro atoms. The Kier molecular flexibility index (Phi) is 6.32. The zero-order valence-electron chi connectivity index (χ0n) is 14.9. The Labute approximate surface area is 151 Å². The molecule has 0 fully saturated rings. The third-order valence-corrected chi connectivity index (χ3v) is 3.62. The molecule has 26 heavy (non-hydrogen) atoms. The quantitative estimate of drug-likeness (QED) is 0.421. The molecule has 0 unspecified atom stereocenters. The molecule has 0 aliphatic rings. The number of phenolic OH excluding ortho intramolecular Hbond substituents is 1. The van der Waals surface area contributed by atoms with Gasteiger partial charge in [0.1, 0.15) is 17.9 Å². The highest BCUT2D eigenvalue weighted by Crippen LogP contribution is 2.23. The number of phenols is 1. The molecule has 0 aliphatic carbocycles.